The van der Waals surface area contributed by atoms with Gasteiger partial charge in [-0.25, -0.2) is 0 Å². The molecule has 1 nitrogen and oxygen atoms in total. The molecule has 4 heavy (non-hydrogen) atoms. The second-order valence-corrected chi connectivity index (χ2v) is 0. The molecular formula is CoCrMnO. The normalized spacial score (nSPS) is 1.00. The fraction of sp³-hybridized carbons (Fsp3) is 0. The van der Waals surface area contributed by atoms with E-state index in [1.165, 1.54) is 0 Å². The molecule has 0 amide bonds. The van der Waals surface area contributed by atoms with Gasteiger partial charge in [0, 0.05) is 34.1 Å². The van der Waals surface area contributed by atoms with Crippen molar-refractivity contribution >= 4 is 0 Å². The Hall–Kier alpha value is 1.36. The zero-order chi connectivity index (χ0) is 2.00. The van der Waals surface area contributed by atoms with Crippen molar-refractivity contribution in [3.05, 3.63) is 0 Å². The summed E-state index contributed by atoms with van der Waals surface area (Å²) >= 11 is 1.69. The first-order valence-corrected chi connectivity index (χ1v) is 0.636. The maximum absolute atomic E-state index is 8.06. The summed E-state index contributed by atoms with van der Waals surface area (Å²) in [6.45, 7) is 0. The van der Waals surface area contributed by atoms with E-state index in [2.05, 4.69) is 0 Å². The molecule has 0 fully saturated rings. The molecule has 4 heteroatoms. The Balaban J connectivity index is -0.00000000500. The molecule has 0 aliphatic rings. The minimum atomic E-state index is 0. The van der Waals surface area contributed by atoms with Crippen LogP contribution < -0.4 is 0 Å². The van der Waals surface area contributed by atoms with Crippen LogP contribution in [0.15, 0.2) is 0 Å². The summed E-state index contributed by atoms with van der Waals surface area (Å²) in [4.78, 5) is 0. The quantitative estimate of drug-likeness (QED) is 0.477. The molecule has 0 atom stereocenters. The average molecular weight is 182 g/mol. The van der Waals surface area contributed by atoms with Gasteiger partial charge in [-0.2, -0.15) is 0 Å². The van der Waals surface area contributed by atoms with Crippen LogP contribution in [0.25, 0.3) is 0 Å². The Bertz CT molecular complexity index is 8.00. The topological polar surface area (TPSA) is 17.1 Å². The summed E-state index contributed by atoms with van der Waals surface area (Å²) < 4.78 is 8.06. The molecule has 0 rings (SSSR count). The molecule has 0 N–H and O–H groups in total. The van der Waals surface area contributed by atoms with Crippen LogP contribution in [0.5, 0.6) is 0 Å². The Morgan fingerprint density at radius 1 is 1.25 bits per heavy atom. The van der Waals surface area contributed by atoms with Crippen LogP contribution in [0.1, 0.15) is 0 Å². The van der Waals surface area contributed by atoms with Crippen molar-refractivity contribution in [1.29, 1.82) is 0 Å². The summed E-state index contributed by atoms with van der Waals surface area (Å²) in [5, 5.41) is 0. The second-order valence-electron chi connectivity index (χ2n) is 0. The van der Waals surface area contributed by atoms with Gasteiger partial charge in [0.2, 0.25) is 0 Å². The van der Waals surface area contributed by atoms with E-state index in [1.807, 2.05) is 0 Å². The van der Waals surface area contributed by atoms with Crippen LogP contribution in [0.4, 0.5) is 0 Å². The fourth-order valence-electron chi connectivity index (χ4n) is 0. The molecule has 0 bridgehead atoms. The van der Waals surface area contributed by atoms with E-state index in [4.69, 9.17) is 3.83 Å². The molecule has 28 valence electrons. The minimum absolute atomic E-state index is 0. The van der Waals surface area contributed by atoms with Gasteiger partial charge in [0.25, 0.3) is 0 Å². The molecule has 0 saturated heterocycles. The zero-order valence-electron chi connectivity index (χ0n) is 1.53. The van der Waals surface area contributed by atoms with E-state index in [1.54, 1.807) is 15.9 Å². The van der Waals surface area contributed by atoms with E-state index in [-0.39, 0.29) is 34.1 Å². The third-order valence-corrected chi connectivity index (χ3v) is 0. The molecule has 0 spiro atoms. The zero-order valence-corrected chi connectivity index (χ0v) is 5.02. The molecule has 0 aromatic heterocycles. The summed E-state index contributed by atoms with van der Waals surface area (Å²) in [5.41, 5.74) is 0. The molecule has 0 unspecified atom stereocenters. The van der Waals surface area contributed by atoms with Crippen LogP contribution in [-0.2, 0) is 53.9 Å². The molecule has 0 aliphatic carbocycles. The first-order valence-electron chi connectivity index (χ1n) is 0.154. The standard InChI is InChI=1S/Co.Cr.Mn.O. The SMILES string of the molecule is [Co].[Cr].[O]=[Mn]. The van der Waals surface area contributed by atoms with Crippen molar-refractivity contribution in [3.63, 3.8) is 0 Å². The van der Waals surface area contributed by atoms with Gasteiger partial charge in [-0.3, -0.25) is 0 Å². The fourth-order valence-corrected chi connectivity index (χ4v) is 0. The molecule has 0 heterocycles. The molecule has 0 saturated carbocycles. The van der Waals surface area contributed by atoms with Gasteiger partial charge in [-0.1, -0.05) is 0 Å². The Morgan fingerprint density at radius 2 is 1.25 bits per heavy atom. The van der Waals surface area contributed by atoms with Gasteiger partial charge in [0.05, 0.1) is 0 Å². The number of hydrogen-bond donors (Lipinski definition) is 0. The Kier molecular flexibility index (Phi) is 122. The van der Waals surface area contributed by atoms with E-state index >= 15 is 0 Å². The summed E-state index contributed by atoms with van der Waals surface area (Å²) in [5.74, 6) is 0. The Labute approximate surface area is 53.9 Å². The van der Waals surface area contributed by atoms with Crippen molar-refractivity contribution in [2.45, 2.75) is 0 Å². The maximum atomic E-state index is 8.06. The van der Waals surface area contributed by atoms with Crippen molar-refractivity contribution in [2.24, 2.45) is 0 Å². The van der Waals surface area contributed by atoms with Gasteiger partial charge in [0.1, 0.15) is 0 Å². The average Bonchev–Trinajstić information content (AvgIpc) is 1.00. The Morgan fingerprint density at radius 3 is 1.25 bits per heavy atom. The van der Waals surface area contributed by atoms with Crippen molar-refractivity contribution < 1.29 is 53.9 Å². The van der Waals surface area contributed by atoms with E-state index in [0.717, 1.165) is 0 Å². The summed E-state index contributed by atoms with van der Waals surface area (Å²) in [6.07, 6.45) is 0. The summed E-state index contributed by atoms with van der Waals surface area (Å²) in [7, 11) is 0. The predicted octanol–water partition coefficient (Wildman–Crippen LogP) is -0.126. The first-order chi connectivity index (χ1) is 1.00. The molecule has 0 aliphatic heterocycles. The number of hydrogen-bond acceptors (Lipinski definition) is 1. The van der Waals surface area contributed by atoms with Gasteiger partial charge in [-0.15, -0.1) is 0 Å². The third kappa shape index (κ3) is 10.1. The van der Waals surface area contributed by atoms with Gasteiger partial charge >= 0.3 is 19.8 Å². The van der Waals surface area contributed by atoms with Crippen molar-refractivity contribution in [1.82, 2.24) is 0 Å². The summed E-state index contributed by atoms with van der Waals surface area (Å²) in [6, 6.07) is 0. The number of rotatable bonds is 0. The predicted molar refractivity (Wildman–Crippen MR) is 0.686 cm³/mol. The van der Waals surface area contributed by atoms with Crippen molar-refractivity contribution in [3.8, 4) is 0 Å². The first kappa shape index (κ1) is 18.3. The van der Waals surface area contributed by atoms with Gasteiger partial charge < -0.3 is 0 Å². The van der Waals surface area contributed by atoms with E-state index in [0.29, 0.717) is 0 Å². The van der Waals surface area contributed by atoms with E-state index < -0.39 is 0 Å². The van der Waals surface area contributed by atoms with Crippen molar-refractivity contribution in [2.75, 3.05) is 0 Å². The second kappa shape index (κ2) is 26.6. The van der Waals surface area contributed by atoms with Gasteiger partial charge in [0.15, 0.2) is 0 Å². The molecular weight excluding hydrogens is 182 g/mol. The van der Waals surface area contributed by atoms with E-state index in [9.17, 15) is 0 Å². The van der Waals surface area contributed by atoms with Crippen LogP contribution in [0.2, 0.25) is 0 Å². The molecule has 1 radical (unpaired) electrons. The van der Waals surface area contributed by atoms with Crippen LogP contribution >= 0.6 is 0 Å². The molecule has 0 aromatic carbocycles. The van der Waals surface area contributed by atoms with Gasteiger partial charge in [-0.05, 0) is 0 Å². The monoisotopic (exact) mass is 182 g/mol. The molecule has 0 aromatic rings. The third-order valence-electron chi connectivity index (χ3n) is 0. The van der Waals surface area contributed by atoms with Crippen LogP contribution in [-0.4, -0.2) is 0 Å². The van der Waals surface area contributed by atoms with Crippen LogP contribution in [0, 0.1) is 0 Å². The van der Waals surface area contributed by atoms with Crippen LogP contribution in [0.3, 0.4) is 0 Å².